The molecule has 2 rings (SSSR count). The SMILES string of the molecule is NC(=O)CNC(=O)c1ccc(CNC(=O)CNc2ccccc2Cl)cc1. The lowest BCUT2D eigenvalue weighted by Gasteiger charge is -2.09. The number of carbonyl (C=O) groups excluding carboxylic acids is 3. The number of primary amides is 1. The molecule has 3 amide bonds. The molecule has 0 aliphatic carbocycles. The fraction of sp³-hybridized carbons (Fsp3) is 0.167. The Balaban J connectivity index is 1.78. The molecule has 0 heterocycles. The van der Waals surface area contributed by atoms with E-state index in [4.69, 9.17) is 17.3 Å². The molecule has 0 bridgehead atoms. The normalized spacial score (nSPS) is 10.0. The van der Waals surface area contributed by atoms with Crippen molar-refractivity contribution in [3.8, 4) is 0 Å². The van der Waals surface area contributed by atoms with E-state index in [1.54, 1.807) is 36.4 Å². The summed E-state index contributed by atoms with van der Waals surface area (Å²) in [6.45, 7) is 0.207. The van der Waals surface area contributed by atoms with Crippen LogP contribution in [0.4, 0.5) is 5.69 Å². The number of nitrogens with two attached hydrogens (primary N) is 1. The predicted molar refractivity (Wildman–Crippen MR) is 99.8 cm³/mol. The maximum atomic E-state index is 11.9. The van der Waals surface area contributed by atoms with Gasteiger partial charge in [-0.05, 0) is 29.8 Å². The summed E-state index contributed by atoms with van der Waals surface area (Å²) in [7, 11) is 0. The second-order valence-corrected chi connectivity index (χ2v) is 5.86. The van der Waals surface area contributed by atoms with Crippen molar-refractivity contribution < 1.29 is 14.4 Å². The molecule has 0 aliphatic rings. The number of amides is 3. The number of benzene rings is 2. The van der Waals surface area contributed by atoms with Crippen LogP contribution in [-0.2, 0) is 16.1 Å². The minimum Gasteiger partial charge on any atom is -0.375 e. The first kappa shape index (κ1) is 19.3. The zero-order chi connectivity index (χ0) is 18.9. The lowest BCUT2D eigenvalue weighted by atomic mass is 10.1. The molecule has 0 aliphatic heterocycles. The Labute approximate surface area is 155 Å². The third kappa shape index (κ3) is 6.10. The minimum atomic E-state index is -0.608. The highest BCUT2D eigenvalue weighted by atomic mass is 35.5. The molecule has 0 saturated heterocycles. The molecule has 5 N–H and O–H groups in total. The first-order chi connectivity index (χ1) is 12.5. The van der Waals surface area contributed by atoms with Crippen molar-refractivity contribution in [2.45, 2.75) is 6.54 Å². The van der Waals surface area contributed by atoms with Crippen LogP contribution < -0.4 is 21.7 Å². The lowest BCUT2D eigenvalue weighted by molar-refractivity contribution is -0.119. The van der Waals surface area contributed by atoms with Crippen LogP contribution in [0.5, 0.6) is 0 Å². The van der Waals surface area contributed by atoms with Gasteiger partial charge >= 0.3 is 0 Å². The van der Waals surface area contributed by atoms with Gasteiger partial charge in [-0.2, -0.15) is 0 Å². The average Bonchev–Trinajstić information content (AvgIpc) is 2.64. The molecule has 136 valence electrons. The molecule has 2 aromatic carbocycles. The van der Waals surface area contributed by atoms with Crippen LogP contribution in [0.1, 0.15) is 15.9 Å². The third-order valence-electron chi connectivity index (χ3n) is 3.44. The molecule has 0 fully saturated rings. The van der Waals surface area contributed by atoms with E-state index in [1.165, 1.54) is 0 Å². The van der Waals surface area contributed by atoms with Gasteiger partial charge in [0.15, 0.2) is 0 Å². The second-order valence-electron chi connectivity index (χ2n) is 5.46. The highest BCUT2D eigenvalue weighted by molar-refractivity contribution is 6.33. The van der Waals surface area contributed by atoms with Gasteiger partial charge in [-0.15, -0.1) is 0 Å². The molecule has 2 aromatic rings. The predicted octanol–water partition coefficient (Wildman–Crippen LogP) is 1.28. The molecule has 8 heteroatoms. The lowest BCUT2D eigenvalue weighted by Crippen LogP contribution is -2.33. The molecule has 0 unspecified atom stereocenters. The Bertz CT molecular complexity index is 793. The average molecular weight is 375 g/mol. The van der Waals surface area contributed by atoms with Crippen molar-refractivity contribution in [2.24, 2.45) is 5.73 Å². The number of carbonyl (C=O) groups is 3. The zero-order valence-electron chi connectivity index (χ0n) is 13.9. The van der Waals surface area contributed by atoms with Crippen LogP contribution in [-0.4, -0.2) is 30.8 Å². The van der Waals surface area contributed by atoms with E-state index in [0.29, 0.717) is 22.8 Å². The molecule has 0 radical (unpaired) electrons. The standard InChI is InChI=1S/C18H19ClN4O3/c19-14-3-1-2-4-15(14)21-11-17(25)22-9-12-5-7-13(8-6-12)18(26)23-10-16(20)24/h1-8,21H,9-11H2,(H2,20,24)(H,22,25)(H,23,26). The Morgan fingerprint density at radius 3 is 2.27 bits per heavy atom. The van der Waals surface area contributed by atoms with Crippen LogP contribution in [0.2, 0.25) is 5.02 Å². The van der Waals surface area contributed by atoms with Gasteiger partial charge in [-0.3, -0.25) is 14.4 Å². The fourth-order valence-electron chi connectivity index (χ4n) is 2.09. The van der Waals surface area contributed by atoms with Gasteiger partial charge in [0.05, 0.1) is 23.8 Å². The van der Waals surface area contributed by atoms with Crippen molar-refractivity contribution in [1.82, 2.24) is 10.6 Å². The van der Waals surface area contributed by atoms with Gasteiger partial charge < -0.3 is 21.7 Å². The molecule has 0 atom stereocenters. The van der Waals surface area contributed by atoms with E-state index < -0.39 is 5.91 Å². The summed E-state index contributed by atoms with van der Waals surface area (Å²) in [6, 6.07) is 13.8. The quantitative estimate of drug-likeness (QED) is 0.557. The number of anilines is 1. The summed E-state index contributed by atoms with van der Waals surface area (Å²) in [5, 5.41) is 8.68. The summed E-state index contributed by atoms with van der Waals surface area (Å²) in [5.41, 5.74) is 6.90. The summed E-state index contributed by atoms with van der Waals surface area (Å²) >= 11 is 6.01. The first-order valence-electron chi connectivity index (χ1n) is 7.86. The van der Waals surface area contributed by atoms with Crippen LogP contribution in [0.3, 0.4) is 0 Å². The Morgan fingerprint density at radius 1 is 0.923 bits per heavy atom. The van der Waals surface area contributed by atoms with Gasteiger partial charge in [0.2, 0.25) is 11.8 Å². The number of halogens is 1. The largest absolute Gasteiger partial charge is 0.375 e. The van der Waals surface area contributed by atoms with Crippen molar-refractivity contribution in [1.29, 1.82) is 0 Å². The Kier molecular flexibility index (Phi) is 6.99. The van der Waals surface area contributed by atoms with Gasteiger partial charge in [0.1, 0.15) is 0 Å². The van der Waals surface area contributed by atoms with E-state index in [-0.39, 0.29) is 24.9 Å². The van der Waals surface area contributed by atoms with Gasteiger partial charge in [-0.25, -0.2) is 0 Å². The van der Waals surface area contributed by atoms with Crippen LogP contribution >= 0.6 is 11.6 Å². The number of rotatable bonds is 8. The smallest absolute Gasteiger partial charge is 0.251 e. The number of para-hydroxylation sites is 1. The monoisotopic (exact) mass is 374 g/mol. The van der Waals surface area contributed by atoms with Gasteiger partial charge in [0, 0.05) is 12.1 Å². The summed E-state index contributed by atoms with van der Waals surface area (Å²) in [5.74, 6) is -1.18. The molecule has 0 saturated carbocycles. The van der Waals surface area contributed by atoms with Crippen molar-refractivity contribution in [3.05, 3.63) is 64.7 Å². The molecular weight excluding hydrogens is 356 g/mol. The van der Waals surface area contributed by atoms with Gasteiger partial charge in [-0.1, -0.05) is 35.9 Å². The van der Waals surface area contributed by atoms with Crippen molar-refractivity contribution in [3.63, 3.8) is 0 Å². The van der Waals surface area contributed by atoms with Crippen LogP contribution in [0, 0.1) is 0 Å². The summed E-state index contributed by atoms with van der Waals surface area (Å²) < 4.78 is 0. The summed E-state index contributed by atoms with van der Waals surface area (Å²) in [6.07, 6.45) is 0. The van der Waals surface area contributed by atoms with E-state index >= 15 is 0 Å². The molecule has 7 nitrogen and oxygen atoms in total. The van der Waals surface area contributed by atoms with E-state index in [0.717, 1.165) is 5.56 Å². The number of nitrogens with one attached hydrogen (secondary N) is 3. The third-order valence-corrected chi connectivity index (χ3v) is 3.77. The Morgan fingerprint density at radius 2 is 1.62 bits per heavy atom. The molecule has 26 heavy (non-hydrogen) atoms. The highest BCUT2D eigenvalue weighted by Crippen LogP contribution is 2.19. The molecular formula is C18H19ClN4O3. The number of hydrogen-bond acceptors (Lipinski definition) is 4. The molecule has 0 aromatic heterocycles. The van der Waals surface area contributed by atoms with Crippen molar-refractivity contribution >= 4 is 35.0 Å². The number of hydrogen-bond donors (Lipinski definition) is 4. The highest BCUT2D eigenvalue weighted by Gasteiger charge is 2.07. The fourth-order valence-corrected chi connectivity index (χ4v) is 2.29. The topological polar surface area (TPSA) is 113 Å². The van der Waals surface area contributed by atoms with E-state index in [2.05, 4.69) is 16.0 Å². The Hall–Kier alpha value is -3.06. The second kappa shape index (κ2) is 9.43. The minimum absolute atomic E-state index is 0.0946. The zero-order valence-corrected chi connectivity index (χ0v) is 14.7. The van der Waals surface area contributed by atoms with Crippen LogP contribution in [0.25, 0.3) is 0 Å². The van der Waals surface area contributed by atoms with E-state index in [9.17, 15) is 14.4 Å². The van der Waals surface area contributed by atoms with Crippen molar-refractivity contribution in [2.75, 3.05) is 18.4 Å². The maximum absolute atomic E-state index is 11.9. The molecule has 0 spiro atoms. The first-order valence-corrected chi connectivity index (χ1v) is 8.24. The maximum Gasteiger partial charge on any atom is 0.251 e. The van der Waals surface area contributed by atoms with Gasteiger partial charge in [0.25, 0.3) is 5.91 Å². The van der Waals surface area contributed by atoms with Crippen LogP contribution in [0.15, 0.2) is 48.5 Å². The van der Waals surface area contributed by atoms with E-state index in [1.807, 2.05) is 12.1 Å². The summed E-state index contributed by atoms with van der Waals surface area (Å²) in [4.78, 5) is 34.3.